The summed E-state index contributed by atoms with van der Waals surface area (Å²) < 4.78 is 14.3. The van der Waals surface area contributed by atoms with Crippen LogP contribution in [0.25, 0.3) is 0 Å². The number of hydrogen-bond donors (Lipinski definition) is 1. The van der Waals surface area contributed by atoms with E-state index in [9.17, 15) is 14.7 Å². The Kier molecular flexibility index (Phi) is 3.17. The van der Waals surface area contributed by atoms with Gasteiger partial charge in [-0.25, -0.2) is 14.5 Å². The van der Waals surface area contributed by atoms with Crippen LogP contribution in [0.2, 0.25) is 0 Å². The average Bonchev–Trinajstić information content (AvgIpc) is 2.44. The van der Waals surface area contributed by atoms with E-state index in [-0.39, 0.29) is 5.70 Å². The molecule has 2 atom stereocenters. The Balaban J connectivity index is 3.14. The minimum Gasteiger partial charge on any atom is -0.464 e. The summed E-state index contributed by atoms with van der Waals surface area (Å²) in [4.78, 5) is 23.6. The summed E-state index contributed by atoms with van der Waals surface area (Å²) in [7, 11) is 2.41. The molecule has 7 nitrogen and oxygen atoms in total. The lowest BCUT2D eigenvalue weighted by atomic mass is 10.1. The molecular formula is C10H15NO6. The molecule has 1 aliphatic heterocycles. The number of esters is 1. The van der Waals surface area contributed by atoms with E-state index in [1.54, 1.807) is 0 Å². The fraction of sp³-hybridized carbons (Fsp3) is 0.600. The van der Waals surface area contributed by atoms with Crippen molar-refractivity contribution in [2.75, 3.05) is 14.2 Å². The van der Waals surface area contributed by atoms with Crippen LogP contribution in [0.1, 0.15) is 13.8 Å². The number of amides is 1. The van der Waals surface area contributed by atoms with Crippen LogP contribution in [-0.4, -0.2) is 47.8 Å². The van der Waals surface area contributed by atoms with E-state index in [1.807, 2.05) is 0 Å². The lowest BCUT2D eigenvalue weighted by Crippen LogP contribution is -2.56. The molecule has 0 saturated carbocycles. The zero-order valence-electron chi connectivity index (χ0n) is 10.1. The van der Waals surface area contributed by atoms with Crippen LogP contribution in [0.4, 0.5) is 4.79 Å². The van der Waals surface area contributed by atoms with Crippen LogP contribution in [0, 0.1) is 0 Å². The fourth-order valence-electron chi connectivity index (χ4n) is 1.51. The molecule has 0 aliphatic carbocycles. The molecule has 96 valence electrons. The second kappa shape index (κ2) is 4.01. The molecule has 1 saturated heterocycles. The first kappa shape index (κ1) is 13.5. The molecule has 1 heterocycles. The standard InChI is InChI=1S/C10H15NO6/c1-6(7(12)15-4)11-8(13)17-10(3,16-5)9(11,2)14/h14H,1H2,2-5H3/t9-,10+/m0/s1. The number of cyclic esters (lactones) is 1. The number of methoxy groups -OCH3 is 2. The first-order valence-electron chi connectivity index (χ1n) is 4.79. The molecule has 1 aliphatic rings. The Bertz CT molecular complexity index is 377. The smallest absolute Gasteiger partial charge is 0.419 e. The quantitative estimate of drug-likeness (QED) is 0.564. The van der Waals surface area contributed by atoms with Gasteiger partial charge < -0.3 is 19.3 Å². The molecule has 1 N–H and O–H groups in total. The summed E-state index contributed by atoms with van der Waals surface area (Å²) in [6.45, 7) is 6.03. The summed E-state index contributed by atoms with van der Waals surface area (Å²) in [6, 6.07) is 0. The van der Waals surface area contributed by atoms with Crippen molar-refractivity contribution >= 4 is 12.1 Å². The summed E-state index contributed by atoms with van der Waals surface area (Å²) in [5.74, 6) is -2.44. The van der Waals surface area contributed by atoms with Gasteiger partial charge in [-0.1, -0.05) is 6.58 Å². The maximum Gasteiger partial charge on any atom is 0.419 e. The van der Waals surface area contributed by atoms with Gasteiger partial charge in [-0.05, 0) is 6.92 Å². The number of rotatable bonds is 3. The van der Waals surface area contributed by atoms with Gasteiger partial charge in [0.15, 0.2) is 0 Å². The van der Waals surface area contributed by atoms with Crippen molar-refractivity contribution in [2.24, 2.45) is 0 Å². The predicted octanol–water partition coefficient (Wildman–Crippen LogP) is 0.196. The van der Waals surface area contributed by atoms with Crippen LogP contribution in [0.5, 0.6) is 0 Å². The van der Waals surface area contributed by atoms with Crippen molar-refractivity contribution in [3.05, 3.63) is 12.3 Å². The molecule has 0 bridgehead atoms. The van der Waals surface area contributed by atoms with Crippen molar-refractivity contribution in [2.45, 2.75) is 25.4 Å². The van der Waals surface area contributed by atoms with Crippen molar-refractivity contribution in [3.8, 4) is 0 Å². The lowest BCUT2D eigenvalue weighted by molar-refractivity contribution is -0.258. The largest absolute Gasteiger partial charge is 0.464 e. The van der Waals surface area contributed by atoms with E-state index in [0.717, 1.165) is 7.11 Å². The van der Waals surface area contributed by atoms with E-state index in [0.29, 0.717) is 4.90 Å². The highest BCUT2D eigenvalue weighted by Gasteiger charge is 2.62. The molecule has 17 heavy (non-hydrogen) atoms. The summed E-state index contributed by atoms with van der Waals surface area (Å²) in [5.41, 5.74) is -2.20. The number of carbonyl (C=O) groups excluding carboxylic acids is 2. The Morgan fingerprint density at radius 3 is 2.35 bits per heavy atom. The average molecular weight is 245 g/mol. The maximum absolute atomic E-state index is 11.6. The topological polar surface area (TPSA) is 85.3 Å². The predicted molar refractivity (Wildman–Crippen MR) is 55.5 cm³/mol. The molecule has 0 spiro atoms. The van der Waals surface area contributed by atoms with E-state index < -0.39 is 23.6 Å². The number of nitrogens with zero attached hydrogens (tertiary/aromatic N) is 1. The maximum atomic E-state index is 11.6. The van der Waals surface area contributed by atoms with Crippen LogP contribution in [-0.2, 0) is 19.0 Å². The minimum atomic E-state index is -1.87. The highest BCUT2D eigenvalue weighted by molar-refractivity contribution is 5.92. The zero-order valence-corrected chi connectivity index (χ0v) is 10.1. The molecule has 0 aromatic rings. The number of hydrogen-bond acceptors (Lipinski definition) is 6. The Morgan fingerprint density at radius 1 is 1.47 bits per heavy atom. The Hall–Kier alpha value is -1.60. The minimum absolute atomic E-state index is 0.330. The monoisotopic (exact) mass is 245 g/mol. The van der Waals surface area contributed by atoms with Crippen molar-refractivity contribution in [1.29, 1.82) is 0 Å². The number of carbonyl (C=O) groups is 2. The van der Waals surface area contributed by atoms with E-state index in [4.69, 9.17) is 9.47 Å². The number of ether oxygens (including phenoxy) is 3. The number of aliphatic hydroxyl groups is 1. The van der Waals surface area contributed by atoms with Crippen LogP contribution >= 0.6 is 0 Å². The molecule has 0 aromatic heterocycles. The highest BCUT2D eigenvalue weighted by atomic mass is 16.8. The van der Waals surface area contributed by atoms with Crippen molar-refractivity contribution in [3.63, 3.8) is 0 Å². The van der Waals surface area contributed by atoms with Crippen molar-refractivity contribution in [1.82, 2.24) is 4.90 Å². The van der Waals surface area contributed by atoms with Gasteiger partial charge in [0.05, 0.1) is 7.11 Å². The van der Waals surface area contributed by atoms with Gasteiger partial charge in [0.2, 0.25) is 5.72 Å². The summed E-state index contributed by atoms with van der Waals surface area (Å²) in [6.07, 6.45) is -0.935. The molecule has 1 rings (SSSR count). The van der Waals surface area contributed by atoms with Gasteiger partial charge in [0, 0.05) is 14.0 Å². The van der Waals surface area contributed by atoms with E-state index in [2.05, 4.69) is 11.3 Å². The lowest BCUT2D eigenvalue weighted by Gasteiger charge is -2.35. The normalized spacial score (nSPS) is 32.3. The highest BCUT2D eigenvalue weighted by Crippen LogP contribution is 2.39. The second-order valence-corrected chi connectivity index (χ2v) is 3.81. The molecule has 0 aromatic carbocycles. The molecule has 1 fully saturated rings. The van der Waals surface area contributed by atoms with Gasteiger partial charge in [-0.2, -0.15) is 0 Å². The van der Waals surface area contributed by atoms with Crippen LogP contribution < -0.4 is 0 Å². The Morgan fingerprint density at radius 2 is 2.00 bits per heavy atom. The van der Waals surface area contributed by atoms with Gasteiger partial charge >= 0.3 is 12.1 Å². The molecular weight excluding hydrogens is 230 g/mol. The van der Waals surface area contributed by atoms with Crippen molar-refractivity contribution < 1.29 is 28.9 Å². The van der Waals surface area contributed by atoms with Gasteiger partial charge in [0.25, 0.3) is 5.79 Å². The third-order valence-electron chi connectivity index (χ3n) is 2.84. The van der Waals surface area contributed by atoms with E-state index in [1.165, 1.54) is 21.0 Å². The first-order chi connectivity index (χ1) is 7.71. The molecule has 1 amide bonds. The molecule has 0 radical (unpaired) electrons. The molecule has 0 unspecified atom stereocenters. The van der Waals surface area contributed by atoms with Gasteiger partial charge in [-0.15, -0.1) is 0 Å². The third-order valence-corrected chi connectivity index (χ3v) is 2.84. The zero-order chi connectivity index (χ0) is 13.4. The summed E-state index contributed by atoms with van der Waals surface area (Å²) in [5, 5.41) is 10.2. The third kappa shape index (κ3) is 1.77. The SMILES string of the molecule is C=C(C(=O)OC)N1C(=O)O[C@@](C)(OC)[C@]1(C)O. The second-order valence-electron chi connectivity index (χ2n) is 3.81. The van der Waals surface area contributed by atoms with E-state index >= 15 is 0 Å². The Labute approximate surface area is 98.5 Å². The van der Waals surface area contributed by atoms with Gasteiger partial charge in [-0.3, -0.25) is 0 Å². The summed E-state index contributed by atoms with van der Waals surface area (Å²) >= 11 is 0. The van der Waals surface area contributed by atoms with Gasteiger partial charge in [0.1, 0.15) is 5.70 Å². The fourth-order valence-corrected chi connectivity index (χ4v) is 1.51. The first-order valence-corrected chi connectivity index (χ1v) is 4.79. The molecule has 7 heteroatoms. The van der Waals surface area contributed by atoms with Crippen LogP contribution in [0.3, 0.4) is 0 Å². The van der Waals surface area contributed by atoms with Crippen LogP contribution in [0.15, 0.2) is 12.3 Å².